The van der Waals surface area contributed by atoms with Crippen LogP contribution in [0.25, 0.3) is 0 Å². The highest BCUT2D eigenvalue weighted by molar-refractivity contribution is 5.45. The maximum absolute atomic E-state index is 5.76. The van der Waals surface area contributed by atoms with E-state index < -0.39 is 0 Å². The van der Waals surface area contributed by atoms with Gasteiger partial charge in [-0.05, 0) is 37.4 Å². The van der Waals surface area contributed by atoms with Gasteiger partial charge in [0, 0.05) is 5.56 Å². The van der Waals surface area contributed by atoms with E-state index in [1.165, 1.54) is 0 Å². The normalized spacial score (nSPS) is 11.9. The highest BCUT2D eigenvalue weighted by atomic mass is 16.5. The van der Waals surface area contributed by atoms with Crippen LogP contribution >= 0.6 is 0 Å². The number of ether oxygens (including phenoxy) is 2. The molecule has 0 aliphatic heterocycles. The van der Waals surface area contributed by atoms with E-state index in [0.29, 0.717) is 12.5 Å². The van der Waals surface area contributed by atoms with Crippen molar-refractivity contribution in [1.82, 2.24) is 0 Å². The summed E-state index contributed by atoms with van der Waals surface area (Å²) in [5.41, 5.74) is 6.84. The molecule has 0 fully saturated rings. The summed E-state index contributed by atoms with van der Waals surface area (Å²) in [7, 11) is 3.34. The molecular formula is C14H21NO2. The molecule has 1 aromatic carbocycles. The lowest BCUT2D eigenvalue weighted by atomic mass is 9.95. The van der Waals surface area contributed by atoms with Crippen LogP contribution in [0.3, 0.4) is 0 Å². The Morgan fingerprint density at radius 3 is 2.29 bits per heavy atom. The molecule has 0 saturated heterocycles. The van der Waals surface area contributed by atoms with Crippen molar-refractivity contribution in [3.05, 3.63) is 36.4 Å². The Balaban J connectivity index is 2.97. The Bertz CT molecular complexity index is 341. The quantitative estimate of drug-likeness (QED) is 0.738. The third kappa shape index (κ3) is 3.49. The number of hydrogen-bond acceptors (Lipinski definition) is 3. The van der Waals surface area contributed by atoms with E-state index in [1.807, 2.05) is 24.3 Å². The molecule has 17 heavy (non-hydrogen) atoms. The van der Waals surface area contributed by atoms with Gasteiger partial charge in [-0.15, -0.1) is 6.58 Å². The van der Waals surface area contributed by atoms with Gasteiger partial charge in [-0.2, -0.15) is 0 Å². The summed E-state index contributed by atoms with van der Waals surface area (Å²) >= 11 is 0. The summed E-state index contributed by atoms with van der Waals surface area (Å²) in [6.45, 7) is 4.39. The summed E-state index contributed by atoms with van der Waals surface area (Å²) in [6.07, 6.45) is 3.65. The molecule has 1 atom stereocenters. The second kappa shape index (κ2) is 6.97. The van der Waals surface area contributed by atoms with Crippen molar-refractivity contribution in [2.75, 3.05) is 20.8 Å². The van der Waals surface area contributed by atoms with Crippen molar-refractivity contribution < 1.29 is 9.47 Å². The highest BCUT2D eigenvalue weighted by Crippen LogP contribution is 2.31. The number of nitrogens with two attached hydrogens (primary N) is 1. The maximum Gasteiger partial charge on any atom is 0.125 e. The Kier molecular flexibility index (Phi) is 5.57. The standard InChI is InChI=1S/C14H21NO2/c1-4-6-11(10-15)9-12-13(16-2)7-5-8-14(12)17-3/h4-5,7-8,11H,1,6,9-10,15H2,2-3H3/t11-/m1/s1. The molecule has 1 rings (SSSR count). The molecule has 3 nitrogen and oxygen atoms in total. The minimum Gasteiger partial charge on any atom is -0.496 e. The fraction of sp³-hybridized carbons (Fsp3) is 0.429. The van der Waals surface area contributed by atoms with E-state index in [-0.39, 0.29) is 0 Å². The third-order valence-corrected chi connectivity index (χ3v) is 2.86. The van der Waals surface area contributed by atoms with E-state index in [9.17, 15) is 0 Å². The average Bonchev–Trinajstić information content (AvgIpc) is 2.38. The van der Waals surface area contributed by atoms with E-state index in [2.05, 4.69) is 6.58 Å². The first-order chi connectivity index (χ1) is 8.26. The van der Waals surface area contributed by atoms with Crippen LogP contribution in [0.4, 0.5) is 0 Å². The van der Waals surface area contributed by atoms with Gasteiger partial charge in [0.05, 0.1) is 14.2 Å². The summed E-state index contributed by atoms with van der Waals surface area (Å²) < 4.78 is 10.7. The van der Waals surface area contributed by atoms with Crippen LogP contribution in [0, 0.1) is 5.92 Å². The van der Waals surface area contributed by atoms with Crippen molar-refractivity contribution in [2.45, 2.75) is 12.8 Å². The number of benzene rings is 1. The summed E-state index contributed by atoms with van der Waals surface area (Å²) in [4.78, 5) is 0. The second-order valence-electron chi connectivity index (χ2n) is 3.97. The molecule has 3 heteroatoms. The van der Waals surface area contributed by atoms with Crippen LogP contribution in [0.15, 0.2) is 30.9 Å². The van der Waals surface area contributed by atoms with Crippen LogP contribution in [0.2, 0.25) is 0 Å². The van der Waals surface area contributed by atoms with Gasteiger partial charge in [0.25, 0.3) is 0 Å². The van der Waals surface area contributed by atoms with Gasteiger partial charge in [-0.1, -0.05) is 12.1 Å². The lowest BCUT2D eigenvalue weighted by Crippen LogP contribution is -2.17. The molecule has 0 aliphatic carbocycles. The predicted molar refractivity (Wildman–Crippen MR) is 70.6 cm³/mol. The van der Waals surface area contributed by atoms with Crippen molar-refractivity contribution >= 4 is 0 Å². The van der Waals surface area contributed by atoms with Gasteiger partial charge in [0.15, 0.2) is 0 Å². The molecule has 0 aliphatic rings. The topological polar surface area (TPSA) is 44.5 Å². The molecule has 0 radical (unpaired) electrons. The first-order valence-electron chi connectivity index (χ1n) is 5.77. The second-order valence-corrected chi connectivity index (χ2v) is 3.97. The average molecular weight is 235 g/mol. The van der Waals surface area contributed by atoms with Crippen molar-refractivity contribution in [3.8, 4) is 11.5 Å². The van der Waals surface area contributed by atoms with Gasteiger partial charge >= 0.3 is 0 Å². The molecule has 0 aromatic heterocycles. The molecule has 0 saturated carbocycles. The zero-order valence-electron chi connectivity index (χ0n) is 10.6. The zero-order valence-corrected chi connectivity index (χ0v) is 10.6. The molecule has 0 heterocycles. The first kappa shape index (κ1) is 13.6. The van der Waals surface area contributed by atoms with Crippen molar-refractivity contribution in [3.63, 3.8) is 0 Å². The van der Waals surface area contributed by atoms with E-state index in [0.717, 1.165) is 29.9 Å². The Morgan fingerprint density at radius 1 is 1.29 bits per heavy atom. The molecule has 2 N–H and O–H groups in total. The Morgan fingerprint density at radius 2 is 1.88 bits per heavy atom. The van der Waals surface area contributed by atoms with Crippen molar-refractivity contribution in [1.29, 1.82) is 0 Å². The van der Waals surface area contributed by atoms with Crippen LogP contribution in [0.1, 0.15) is 12.0 Å². The number of allylic oxidation sites excluding steroid dienone is 1. The van der Waals surface area contributed by atoms with E-state index >= 15 is 0 Å². The SMILES string of the molecule is C=CC[C@@H](CN)Cc1c(OC)cccc1OC. The number of methoxy groups -OCH3 is 2. The van der Waals surface area contributed by atoms with Gasteiger partial charge < -0.3 is 15.2 Å². The van der Waals surface area contributed by atoms with Gasteiger partial charge in [0.2, 0.25) is 0 Å². The van der Waals surface area contributed by atoms with E-state index in [4.69, 9.17) is 15.2 Å². The van der Waals surface area contributed by atoms with Crippen molar-refractivity contribution in [2.24, 2.45) is 11.7 Å². The van der Waals surface area contributed by atoms with Crippen LogP contribution in [-0.2, 0) is 6.42 Å². The maximum atomic E-state index is 5.76. The monoisotopic (exact) mass is 235 g/mol. The summed E-state index contributed by atoms with van der Waals surface area (Å²) in [5, 5.41) is 0. The molecule has 1 aromatic rings. The highest BCUT2D eigenvalue weighted by Gasteiger charge is 2.14. The smallest absolute Gasteiger partial charge is 0.125 e. The Labute approximate surface area is 103 Å². The van der Waals surface area contributed by atoms with Crippen LogP contribution < -0.4 is 15.2 Å². The molecule has 94 valence electrons. The van der Waals surface area contributed by atoms with Gasteiger partial charge in [-0.25, -0.2) is 0 Å². The van der Waals surface area contributed by atoms with Gasteiger partial charge in [-0.3, -0.25) is 0 Å². The molecule has 0 unspecified atom stereocenters. The van der Waals surface area contributed by atoms with E-state index in [1.54, 1.807) is 14.2 Å². The largest absolute Gasteiger partial charge is 0.496 e. The fourth-order valence-corrected chi connectivity index (χ4v) is 1.92. The minimum absolute atomic E-state index is 0.373. The van der Waals surface area contributed by atoms with Crippen LogP contribution in [0.5, 0.6) is 11.5 Å². The fourth-order valence-electron chi connectivity index (χ4n) is 1.92. The Hall–Kier alpha value is -1.48. The van der Waals surface area contributed by atoms with Crippen LogP contribution in [-0.4, -0.2) is 20.8 Å². The molecule has 0 spiro atoms. The predicted octanol–water partition coefficient (Wildman–Crippen LogP) is 2.40. The third-order valence-electron chi connectivity index (χ3n) is 2.86. The summed E-state index contributed by atoms with van der Waals surface area (Å²) in [5.74, 6) is 2.08. The number of hydrogen-bond donors (Lipinski definition) is 1. The zero-order chi connectivity index (χ0) is 12.7. The molecule has 0 amide bonds. The lowest BCUT2D eigenvalue weighted by molar-refractivity contribution is 0.378. The van der Waals surface area contributed by atoms with Gasteiger partial charge in [0.1, 0.15) is 11.5 Å². The molecular weight excluding hydrogens is 214 g/mol. The first-order valence-corrected chi connectivity index (χ1v) is 5.77. The number of rotatable bonds is 7. The minimum atomic E-state index is 0.373. The molecule has 0 bridgehead atoms. The lowest BCUT2D eigenvalue weighted by Gasteiger charge is -2.17. The summed E-state index contributed by atoms with van der Waals surface area (Å²) in [6, 6.07) is 5.81.